The fourth-order valence-electron chi connectivity index (χ4n) is 2.11. The van der Waals surface area contributed by atoms with Crippen molar-refractivity contribution in [3.05, 3.63) is 66.2 Å². The maximum atomic E-state index is 5.77. The van der Waals surface area contributed by atoms with Gasteiger partial charge in [-0.15, -0.1) is 0 Å². The predicted molar refractivity (Wildman–Crippen MR) is 75.7 cm³/mol. The third kappa shape index (κ3) is 2.66. The Labute approximate surface area is 112 Å². The van der Waals surface area contributed by atoms with E-state index in [1.54, 1.807) is 0 Å². The van der Waals surface area contributed by atoms with Gasteiger partial charge in [0.25, 0.3) is 0 Å². The molecule has 3 aromatic rings. The van der Waals surface area contributed by atoms with E-state index in [4.69, 9.17) is 4.42 Å². The number of aromatic nitrogens is 1. The van der Waals surface area contributed by atoms with Crippen LogP contribution in [0.5, 0.6) is 0 Å². The van der Waals surface area contributed by atoms with Crippen molar-refractivity contribution in [2.75, 3.05) is 0 Å². The zero-order valence-corrected chi connectivity index (χ0v) is 10.8. The minimum Gasteiger partial charge on any atom is -0.460 e. The summed E-state index contributed by atoms with van der Waals surface area (Å²) in [5.41, 5.74) is 1.98. The first-order valence-corrected chi connectivity index (χ1v) is 6.45. The number of pyridine rings is 1. The molecule has 0 aliphatic rings. The Bertz CT molecular complexity index is 628. The number of rotatable bonds is 4. The van der Waals surface area contributed by atoms with Gasteiger partial charge in [-0.05, 0) is 31.2 Å². The molecule has 0 saturated heterocycles. The molecule has 3 nitrogen and oxygen atoms in total. The molecule has 1 aromatic carbocycles. The van der Waals surface area contributed by atoms with E-state index < -0.39 is 0 Å². The van der Waals surface area contributed by atoms with Gasteiger partial charge < -0.3 is 9.73 Å². The molecule has 1 N–H and O–H groups in total. The Hall–Kier alpha value is -2.13. The quantitative estimate of drug-likeness (QED) is 0.769. The number of furan rings is 1. The lowest BCUT2D eigenvalue weighted by Crippen LogP contribution is -2.18. The van der Waals surface area contributed by atoms with Crippen LogP contribution < -0.4 is 5.32 Å². The normalized spacial score (nSPS) is 12.7. The molecule has 0 aliphatic heterocycles. The van der Waals surface area contributed by atoms with E-state index in [0.29, 0.717) is 6.54 Å². The maximum absolute atomic E-state index is 5.77. The fourth-order valence-corrected chi connectivity index (χ4v) is 2.11. The molecule has 2 heterocycles. The van der Waals surface area contributed by atoms with Crippen LogP contribution in [0.15, 0.2) is 59.1 Å². The molecule has 1 atom stereocenters. The molecule has 3 rings (SSSR count). The number of hydrogen-bond donors (Lipinski definition) is 1. The van der Waals surface area contributed by atoms with Gasteiger partial charge >= 0.3 is 0 Å². The van der Waals surface area contributed by atoms with Crippen LogP contribution in [-0.2, 0) is 6.54 Å². The Kier molecular flexibility index (Phi) is 3.29. The van der Waals surface area contributed by atoms with Gasteiger partial charge in [-0.1, -0.05) is 24.3 Å². The van der Waals surface area contributed by atoms with Gasteiger partial charge in [0, 0.05) is 17.6 Å². The van der Waals surface area contributed by atoms with E-state index in [2.05, 4.69) is 29.4 Å². The number of benzene rings is 1. The molecule has 0 amide bonds. The van der Waals surface area contributed by atoms with E-state index in [-0.39, 0.29) is 6.04 Å². The second-order valence-corrected chi connectivity index (χ2v) is 4.61. The van der Waals surface area contributed by atoms with Crippen molar-refractivity contribution in [2.24, 2.45) is 0 Å². The van der Waals surface area contributed by atoms with Gasteiger partial charge in [0.1, 0.15) is 11.3 Å². The third-order valence-corrected chi connectivity index (χ3v) is 3.19. The van der Waals surface area contributed by atoms with E-state index >= 15 is 0 Å². The Morgan fingerprint density at radius 2 is 2.00 bits per heavy atom. The lowest BCUT2D eigenvalue weighted by Gasteiger charge is -2.11. The van der Waals surface area contributed by atoms with Crippen LogP contribution in [0.2, 0.25) is 0 Å². The van der Waals surface area contributed by atoms with Gasteiger partial charge in [0.2, 0.25) is 0 Å². The summed E-state index contributed by atoms with van der Waals surface area (Å²) in [5, 5.41) is 4.56. The van der Waals surface area contributed by atoms with Crippen molar-refractivity contribution in [3.63, 3.8) is 0 Å². The highest BCUT2D eigenvalue weighted by atomic mass is 16.3. The Morgan fingerprint density at radius 1 is 1.16 bits per heavy atom. The van der Waals surface area contributed by atoms with Crippen LogP contribution >= 0.6 is 0 Å². The van der Waals surface area contributed by atoms with Gasteiger partial charge in [-0.25, -0.2) is 0 Å². The largest absolute Gasteiger partial charge is 0.460 e. The summed E-state index contributed by atoms with van der Waals surface area (Å²) in [6, 6.07) is 16.3. The zero-order chi connectivity index (χ0) is 13.1. The third-order valence-electron chi connectivity index (χ3n) is 3.19. The molecule has 0 radical (unpaired) electrons. The summed E-state index contributed by atoms with van der Waals surface area (Å²) < 4.78 is 5.77. The predicted octanol–water partition coefficient (Wildman–Crippen LogP) is 3.68. The first-order valence-electron chi connectivity index (χ1n) is 6.45. The highest BCUT2D eigenvalue weighted by Crippen LogP contribution is 2.19. The van der Waals surface area contributed by atoms with Crippen molar-refractivity contribution in [1.29, 1.82) is 0 Å². The molecule has 0 saturated carbocycles. The molecule has 19 heavy (non-hydrogen) atoms. The smallest absolute Gasteiger partial charge is 0.134 e. The zero-order valence-electron chi connectivity index (χ0n) is 10.8. The molecule has 0 bridgehead atoms. The van der Waals surface area contributed by atoms with Gasteiger partial charge in [0.05, 0.1) is 12.2 Å². The Balaban J connectivity index is 1.69. The molecule has 3 heteroatoms. The minimum atomic E-state index is 0.203. The average Bonchev–Trinajstić information content (AvgIpc) is 2.88. The minimum absolute atomic E-state index is 0.203. The molecule has 0 fully saturated rings. The molecule has 2 aromatic heterocycles. The van der Waals surface area contributed by atoms with Crippen LogP contribution in [0.1, 0.15) is 24.4 Å². The number of hydrogen-bond acceptors (Lipinski definition) is 3. The second kappa shape index (κ2) is 5.24. The highest BCUT2D eigenvalue weighted by molar-refractivity contribution is 5.77. The van der Waals surface area contributed by atoms with Gasteiger partial charge in [-0.3, -0.25) is 4.98 Å². The highest BCUT2D eigenvalue weighted by Gasteiger charge is 2.07. The number of para-hydroxylation sites is 1. The molecular weight excluding hydrogens is 236 g/mol. The average molecular weight is 252 g/mol. The first-order chi connectivity index (χ1) is 9.33. The fraction of sp³-hybridized carbons (Fsp3) is 0.188. The summed E-state index contributed by atoms with van der Waals surface area (Å²) in [7, 11) is 0. The van der Waals surface area contributed by atoms with Gasteiger partial charge in [-0.2, -0.15) is 0 Å². The van der Waals surface area contributed by atoms with Crippen LogP contribution in [0.4, 0.5) is 0 Å². The number of nitrogens with one attached hydrogen (secondary N) is 1. The number of nitrogens with zero attached hydrogens (tertiary/aromatic N) is 1. The van der Waals surface area contributed by atoms with Crippen LogP contribution in [0, 0.1) is 0 Å². The maximum Gasteiger partial charge on any atom is 0.134 e. The van der Waals surface area contributed by atoms with Crippen LogP contribution in [0.25, 0.3) is 11.0 Å². The lowest BCUT2D eigenvalue weighted by molar-refractivity contribution is 0.478. The topological polar surface area (TPSA) is 38.1 Å². The van der Waals surface area contributed by atoms with Crippen molar-refractivity contribution < 1.29 is 4.42 Å². The number of fused-ring (bicyclic) bond motifs is 1. The van der Waals surface area contributed by atoms with E-state index in [1.165, 1.54) is 0 Å². The lowest BCUT2D eigenvalue weighted by atomic mass is 10.2. The van der Waals surface area contributed by atoms with Crippen molar-refractivity contribution in [3.8, 4) is 0 Å². The van der Waals surface area contributed by atoms with Crippen molar-refractivity contribution in [1.82, 2.24) is 10.3 Å². The summed E-state index contributed by atoms with van der Waals surface area (Å²) >= 11 is 0. The molecule has 0 spiro atoms. The first kappa shape index (κ1) is 11.9. The second-order valence-electron chi connectivity index (χ2n) is 4.61. The van der Waals surface area contributed by atoms with Crippen LogP contribution in [0.3, 0.4) is 0 Å². The Morgan fingerprint density at radius 3 is 2.79 bits per heavy atom. The van der Waals surface area contributed by atoms with E-state index in [9.17, 15) is 0 Å². The van der Waals surface area contributed by atoms with E-state index in [0.717, 1.165) is 22.4 Å². The molecular formula is C16H16N2O. The van der Waals surface area contributed by atoms with E-state index in [1.807, 2.05) is 42.6 Å². The SMILES string of the molecule is C[C@@H](NCc1cc2ccccc2o1)c1ccccn1. The molecule has 96 valence electrons. The summed E-state index contributed by atoms with van der Waals surface area (Å²) in [4.78, 5) is 4.34. The van der Waals surface area contributed by atoms with Crippen molar-refractivity contribution >= 4 is 11.0 Å². The van der Waals surface area contributed by atoms with Crippen LogP contribution in [-0.4, -0.2) is 4.98 Å². The molecule has 0 aliphatic carbocycles. The molecule has 0 unspecified atom stereocenters. The standard InChI is InChI=1S/C16H16N2O/c1-12(15-7-4-5-9-17-15)18-11-14-10-13-6-2-3-8-16(13)19-14/h2-10,12,18H,11H2,1H3/t12-/m1/s1. The summed E-state index contributed by atoms with van der Waals surface area (Å²) in [5.74, 6) is 0.948. The van der Waals surface area contributed by atoms with Gasteiger partial charge in [0.15, 0.2) is 0 Å². The van der Waals surface area contributed by atoms with Crippen molar-refractivity contribution in [2.45, 2.75) is 19.5 Å². The summed E-state index contributed by atoms with van der Waals surface area (Å²) in [6.07, 6.45) is 1.81. The summed E-state index contributed by atoms with van der Waals surface area (Å²) in [6.45, 7) is 2.80. The monoisotopic (exact) mass is 252 g/mol.